The summed E-state index contributed by atoms with van der Waals surface area (Å²) in [6.45, 7) is 1.98. The molecular formula is C15H19ClO2. The van der Waals surface area contributed by atoms with Crippen LogP contribution in [0.5, 0.6) is 5.75 Å². The first-order chi connectivity index (χ1) is 8.60. The summed E-state index contributed by atoms with van der Waals surface area (Å²) in [7, 11) is 1.69. The van der Waals surface area contributed by atoms with Crippen LogP contribution in [-0.4, -0.2) is 12.9 Å². The lowest BCUT2D eigenvalue weighted by molar-refractivity contribution is -0.120. The molecule has 2 nitrogen and oxygen atoms in total. The molecule has 0 amide bonds. The van der Waals surface area contributed by atoms with Crippen LogP contribution in [0.25, 0.3) is 0 Å². The molecule has 0 atom stereocenters. The summed E-state index contributed by atoms with van der Waals surface area (Å²) in [4.78, 5) is 11.2. The van der Waals surface area contributed by atoms with E-state index in [9.17, 15) is 4.79 Å². The lowest BCUT2D eigenvalue weighted by Crippen LogP contribution is -2.16. The molecule has 1 saturated carbocycles. The van der Waals surface area contributed by atoms with Gasteiger partial charge in [-0.3, -0.25) is 4.79 Å². The van der Waals surface area contributed by atoms with E-state index in [1.54, 1.807) is 7.11 Å². The number of hydrogen-bond donors (Lipinski definition) is 0. The van der Waals surface area contributed by atoms with Crippen molar-refractivity contribution in [1.29, 1.82) is 0 Å². The second-order valence-electron chi connectivity index (χ2n) is 5.10. The number of ether oxygens (including phenoxy) is 1. The van der Waals surface area contributed by atoms with Crippen molar-refractivity contribution >= 4 is 17.4 Å². The minimum Gasteiger partial charge on any atom is -0.496 e. The van der Waals surface area contributed by atoms with Crippen molar-refractivity contribution in [1.82, 2.24) is 0 Å². The van der Waals surface area contributed by atoms with E-state index >= 15 is 0 Å². The maximum atomic E-state index is 11.2. The van der Waals surface area contributed by atoms with E-state index in [0.29, 0.717) is 11.7 Å². The number of aryl methyl sites for hydroxylation is 1. The van der Waals surface area contributed by atoms with Gasteiger partial charge in [0.1, 0.15) is 11.5 Å². The zero-order valence-corrected chi connectivity index (χ0v) is 11.7. The van der Waals surface area contributed by atoms with Gasteiger partial charge in [0, 0.05) is 17.9 Å². The number of halogens is 1. The van der Waals surface area contributed by atoms with Crippen LogP contribution in [0.2, 0.25) is 5.02 Å². The van der Waals surface area contributed by atoms with Crippen LogP contribution >= 0.6 is 11.6 Å². The molecule has 1 aliphatic rings. The Balaban J connectivity index is 2.13. The van der Waals surface area contributed by atoms with E-state index in [2.05, 4.69) is 0 Å². The number of hydrogen-bond acceptors (Lipinski definition) is 2. The monoisotopic (exact) mass is 266 g/mol. The lowest BCUT2D eigenvalue weighted by Gasteiger charge is -2.22. The third kappa shape index (κ3) is 3.05. The highest BCUT2D eigenvalue weighted by molar-refractivity contribution is 6.31. The van der Waals surface area contributed by atoms with Crippen molar-refractivity contribution in [2.75, 3.05) is 7.11 Å². The van der Waals surface area contributed by atoms with Gasteiger partial charge in [-0.15, -0.1) is 0 Å². The number of methoxy groups -OCH3 is 1. The smallest absolute Gasteiger partial charge is 0.132 e. The molecule has 1 aliphatic carbocycles. The lowest BCUT2D eigenvalue weighted by atomic mass is 9.84. The zero-order valence-electron chi connectivity index (χ0n) is 11.0. The Morgan fingerprint density at radius 2 is 2.00 bits per heavy atom. The van der Waals surface area contributed by atoms with E-state index in [0.717, 1.165) is 54.0 Å². The van der Waals surface area contributed by atoms with Crippen molar-refractivity contribution < 1.29 is 9.53 Å². The van der Waals surface area contributed by atoms with Crippen molar-refractivity contribution in [3.05, 3.63) is 28.3 Å². The maximum absolute atomic E-state index is 11.2. The highest BCUT2D eigenvalue weighted by Gasteiger charge is 2.20. The summed E-state index contributed by atoms with van der Waals surface area (Å²) in [5, 5.41) is 0.790. The number of carbonyl (C=O) groups excluding carboxylic acids is 1. The molecule has 1 fully saturated rings. The first-order valence-corrected chi connectivity index (χ1v) is 6.82. The van der Waals surface area contributed by atoms with Gasteiger partial charge in [0.05, 0.1) is 7.11 Å². The van der Waals surface area contributed by atoms with Crippen LogP contribution in [0.1, 0.15) is 36.8 Å². The third-order valence-electron chi connectivity index (χ3n) is 3.73. The zero-order chi connectivity index (χ0) is 13.1. The normalized spacial score (nSPS) is 16.9. The molecule has 1 aromatic rings. The molecule has 0 N–H and O–H groups in total. The Kier molecular flexibility index (Phi) is 4.28. The number of ketones is 1. The molecule has 0 spiro atoms. The number of carbonyl (C=O) groups is 1. The largest absolute Gasteiger partial charge is 0.496 e. The first-order valence-electron chi connectivity index (χ1n) is 6.45. The van der Waals surface area contributed by atoms with Gasteiger partial charge in [0.2, 0.25) is 0 Å². The minimum atomic E-state index is 0.403. The van der Waals surface area contributed by atoms with Crippen LogP contribution in [0.3, 0.4) is 0 Å². The highest BCUT2D eigenvalue weighted by Crippen LogP contribution is 2.32. The van der Waals surface area contributed by atoms with E-state index in [4.69, 9.17) is 16.3 Å². The van der Waals surface area contributed by atoms with Gasteiger partial charge in [0.25, 0.3) is 0 Å². The number of Topliss-reactive ketones (excluding diaryl/α,β-unsaturated/α-hetero) is 1. The molecular weight excluding hydrogens is 248 g/mol. The minimum absolute atomic E-state index is 0.403. The molecule has 2 rings (SSSR count). The van der Waals surface area contributed by atoms with Crippen LogP contribution in [0.15, 0.2) is 12.1 Å². The Hall–Kier alpha value is -1.02. The first kappa shape index (κ1) is 13.4. The molecule has 0 unspecified atom stereocenters. The van der Waals surface area contributed by atoms with Gasteiger partial charge in [-0.05, 0) is 55.4 Å². The summed E-state index contributed by atoms with van der Waals surface area (Å²) < 4.78 is 5.42. The van der Waals surface area contributed by atoms with E-state index < -0.39 is 0 Å². The quantitative estimate of drug-likeness (QED) is 0.828. The second-order valence-corrected chi connectivity index (χ2v) is 5.51. The average molecular weight is 267 g/mol. The molecule has 18 heavy (non-hydrogen) atoms. The molecule has 3 heteroatoms. The summed E-state index contributed by atoms with van der Waals surface area (Å²) in [5.41, 5.74) is 2.20. The standard InChI is InChI=1S/C15H19ClO2/c1-10-7-15(18-2)12(9-14(10)16)8-11-3-5-13(17)6-4-11/h7,9,11H,3-6,8H2,1-2H3. The van der Waals surface area contributed by atoms with Gasteiger partial charge in [-0.2, -0.15) is 0 Å². The summed E-state index contributed by atoms with van der Waals surface area (Å²) in [5.74, 6) is 1.89. The van der Waals surface area contributed by atoms with Gasteiger partial charge in [0.15, 0.2) is 0 Å². The van der Waals surface area contributed by atoms with Crippen LogP contribution < -0.4 is 4.74 Å². The van der Waals surface area contributed by atoms with Crippen molar-refractivity contribution in [2.45, 2.75) is 39.0 Å². The van der Waals surface area contributed by atoms with Gasteiger partial charge in [-0.1, -0.05) is 11.6 Å². The maximum Gasteiger partial charge on any atom is 0.132 e. The van der Waals surface area contributed by atoms with Crippen LogP contribution in [0.4, 0.5) is 0 Å². The SMILES string of the molecule is COc1cc(C)c(Cl)cc1CC1CCC(=O)CC1. The van der Waals surface area contributed by atoms with Gasteiger partial charge >= 0.3 is 0 Å². The van der Waals surface area contributed by atoms with E-state index in [1.165, 1.54) is 0 Å². The second kappa shape index (κ2) is 5.75. The average Bonchev–Trinajstić information content (AvgIpc) is 2.36. The number of benzene rings is 1. The van der Waals surface area contributed by atoms with E-state index in [-0.39, 0.29) is 0 Å². The van der Waals surface area contributed by atoms with Gasteiger partial charge in [-0.25, -0.2) is 0 Å². The predicted molar refractivity (Wildman–Crippen MR) is 73.4 cm³/mol. The van der Waals surface area contributed by atoms with Crippen molar-refractivity contribution in [3.63, 3.8) is 0 Å². The summed E-state index contributed by atoms with van der Waals surface area (Å²) in [6, 6.07) is 4.00. The molecule has 0 aromatic heterocycles. The molecule has 0 bridgehead atoms. The topological polar surface area (TPSA) is 26.3 Å². The molecule has 0 aliphatic heterocycles. The molecule has 0 radical (unpaired) electrons. The Morgan fingerprint density at radius 1 is 1.33 bits per heavy atom. The summed E-state index contributed by atoms with van der Waals surface area (Å²) >= 11 is 6.17. The van der Waals surface area contributed by atoms with Crippen molar-refractivity contribution in [2.24, 2.45) is 5.92 Å². The number of rotatable bonds is 3. The Bertz CT molecular complexity index is 444. The van der Waals surface area contributed by atoms with Crippen molar-refractivity contribution in [3.8, 4) is 5.75 Å². The fraction of sp³-hybridized carbons (Fsp3) is 0.533. The molecule has 98 valence electrons. The molecule has 1 aromatic carbocycles. The summed E-state index contributed by atoms with van der Waals surface area (Å²) in [6.07, 6.45) is 4.40. The van der Waals surface area contributed by atoms with E-state index in [1.807, 2.05) is 19.1 Å². The molecule has 0 saturated heterocycles. The molecule has 0 heterocycles. The third-order valence-corrected chi connectivity index (χ3v) is 4.14. The van der Waals surface area contributed by atoms with Gasteiger partial charge < -0.3 is 4.74 Å². The fourth-order valence-electron chi connectivity index (χ4n) is 2.56. The highest BCUT2D eigenvalue weighted by atomic mass is 35.5. The Morgan fingerprint density at radius 3 is 2.61 bits per heavy atom. The Labute approximate surface area is 113 Å². The van der Waals surface area contributed by atoms with Crippen LogP contribution in [-0.2, 0) is 11.2 Å². The fourth-order valence-corrected chi connectivity index (χ4v) is 2.75. The predicted octanol–water partition coefficient (Wildman–Crippen LogP) is 3.96. The van der Waals surface area contributed by atoms with Crippen LogP contribution in [0, 0.1) is 12.8 Å².